The summed E-state index contributed by atoms with van der Waals surface area (Å²) in [6.45, 7) is 0. The van der Waals surface area contributed by atoms with Gasteiger partial charge < -0.3 is 0 Å². The Bertz CT molecular complexity index is 674. The molecule has 0 spiro atoms. The first-order valence-electron chi connectivity index (χ1n) is 4.11. The Morgan fingerprint density at radius 1 is 0.478 bits per heavy atom. The molecule has 0 aliphatic carbocycles. The van der Waals surface area contributed by atoms with Crippen LogP contribution in [0.15, 0.2) is 0 Å². The van der Waals surface area contributed by atoms with Crippen LogP contribution >= 0.6 is 22.6 Å². The lowest BCUT2D eigenvalue weighted by Gasteiger charge is -2.28. The minimum Gasteiger partial charge on any atom is -0.216 e. The van der Waals surface area contributed by atoms with Gasteiger partial charge in [0.2, 0.25) is 0 Å². The second kappa shape index (κ2) is 5.47. The van der Waals surface area contributed by atoms with Crippen molar-refractivity contribution in [3.05, 3.63) is 0 Å². The standard InChI is InChI=1S/C4F9IO6S3/c5-1(6,7)21(15,16)4(14,22(17,18)2(8,9)10)23(19,20)3(11,12)13. The van der Waals surface area contributed by atoms with Crippen LogP contribution in [0.25, 0.3) is 0 Å². The van der Waals surface area contributed by atoms with Gasteiger partial charge in [0.25, 0.3) is 29.5 Å². The average Bonchev–Trinajstić information content (AvgIpc) is 2.22. The zero-order valence-corrected chi connectivity index (χ0v) is 14.1. The van der Waals surface area contributed by atoms with Gasteiger partial charge in [0.1, 0.15) is 0 Å². The van der Waals surface area contributed by atoms with Gasteiger partial charge in [0.15, 0.2) is 0 Å². The van der Waals surface area contributed by atoms with Gasteiger partial charge in [0.05, 0.1) is 0 Å². The molecule has 0 aliphatic heterocycles. The lowest BCUT2D eigenvalue weighted by Crippen LogP contribution is -2.59. The Hall–Kier alpha value is -0.0500. The van der Waals surface area contributed by atoms with Gasteiger partial charge >= 0.3 is 17.9 Å². The Balaban J connectivity index is 7.45. The van der Waals surface area contributed by atoms with Crippen LogP contribution in [0.1, 0.15) is 0 Å². The molecule has 0 aromatic heterocycles. The van der Waals surface area contributed by atoms with Crippen molar-refractivity contribution < 1.29 is 64.8 Å². The molecule has 0 fully saturated rings. The molecule has 0 saturated heterocycles. The van der Waals surface area contributed by atoms with Crippen LogP contribution in [0.5, 0.6) is 0 Å². The fourth-order valence-corrected chi connectivity index (χ4v) is 9.09. The second-order valence-electron chi connectivity index (χ2n) is 3.33. The molecule has 0 atom stereocenters. The fourth-order valence-electron chi connectivity index (χ4n) is 0.848. The average molecular weight is 538 g/mol. The maximum Gasteiger partial charge on any atom is 0.500 e. The predicted molar refractivity (Wildman–Crippen MR) is 61.7 cm³/mol. The van der Waals surface area contributed by atoms with E-state index in [1.807, 2.05) is 0 Å². The summed E-state index contributed by atoms with van der Waals surface area (Å²) < 4.78 is 170. The zero-order valence-electron chi connectivity index (χ0n) is 9.45. The smallest absolute Gasteiger partial charge is 0.216 e. The summed E-state index contributed by atoms with van der Waals surface area (Å²) in [6.07, 6.45) is 0. The highest BCUT2D eigenvalue weighted by atomic mass is 127. The molecule has 0 saturated carbocycles. The first-order chi connectivity index (χ1) is 9.50. The zero-order chi connectivity index (χ0) is 19.5. The highest BCUT2D eigenvalue weighted by Crippen LogP contribution is 2.54. The highest BCUT2D eigenvalue weighted by molar-refractivity contribution is 14.1. The Labute approximate surface area is 134 Å². The van der Waals surface area contributed by atoms with Crippen molar-refractivity contribution in [1.82, 2.24) is 0 Å². The molecule has 0 unspecified atom stereocenters. The molecule has 0 aromatic rings. The second-order valence-corrected chi connectivity index (χ2v) is 14.2. The molecule has 0 aromatic carbocycles. The maximum absolute atomic E-state index is 12.3. The Kier molecular flexibility index (Phi) is 5.46. The predicted octanol–water partition coefficient (Wildman–Crippen LogP) is 1.84. The van der Waals surface area contributed by atoms with E-state index in [2.05, 4.69) is 0 Å². The molecule has 0 heterocycles. The van der Waals surface area contributed by atoms with Gasteiger partial charge in [-0.1, -0.05) is 0 Å². The summed E-state index contributed by atoms with van der Waals surface area (Å²) in [6, 6.07) is 0. The van der Waals surface area contributed by atoms with E-state index in [-0.39, 0.29) is 0 Å². The van der Waals surface area contributed by atoms with E-state index in [4.69, 9.17) is 0 Å². The first kappa shape index (κ1) is 22.9. The van der Waals surface area contributed by atoms with E-state index in [9.17, 15) is 64.8 Å². The van der Waals surface area contributed by atoms with Crippen molar-refractivity contribution in [3.8, 4) is 0 Å². The summed E-state index contributed by atoms with van der Waals surface area (Å²) in [4.78, 5) is 0. The number of sulfone groups is 3. The van der Waals surface area contributed by atoms with Crippen molar-refractivity contribution in [3.63, 3.8) is 0 Å². The number of halogens is 10. The van der Waals surface area contributed by atoms with Crippen molar-refractivity contribution in [1.29, 1.82) is 0 Å². The van der Waals surface area contributed by atoms with Crippen molar-refractivity contribution in [2.75, 3.05) is 0 Å². The highest BCUT2D eigenvalue weighted by Gasteiger charge is 2.82. The van der Waals surface area contributed by atoms with Crippen LogP contribution < -0.4 is 0 Å². The third-order valence-corrected chi connectivity index (χ3v) is 14.8. The molecule has 0 bridgehead atoms. The van der Waals surface area contributed by atoms with Crippen LogP contribution in [0, 0.1) is 0 Å². The molecule has 0 N–H and O–H groups in total. The summed E-state index contributed by atoms with van der Waals surface area (Å²) in [7, 11) is -24.1. The van der Waals surface area contributed by atoms with E-state index in [1.165, 1.54) is 0 Å². The van der Waals surface area contributed by atoms with Crippen LogP contribution in [-0.4, -0.2) is 43.2 Å². The van der Waals surface area contributed by atoms with Crippen molar-refractivity contribution in [2.45, 2.75) is 17.9 Å². The molecular weight excluding hydrogens is 538 g/mol. The number of hydrogen-bond donors (Lipinski definition) is 0. The largest absolute Gasteiger partial charge is 0.500 e. The van der Waals surface area contributed by atoms with Crippen molar-refractivity contribution >= 4 is 52.1 Å². The van der Waals surface area contributed by atoms with E-state index in [0.29, 0.717) is 0 Å². The van der Waals surface area contributed by atoms with Crippen molar-refractivity contribution in [2.24, 2.45) is 0 Å². The van der Waals surface area contributed by atoms with E-state index < -0.39 is 70.0 Å². The number of hydrogen-bond acceptors (Lipinski definition) is 6. The molecule has 19 heteroatoms. The minimum absolute atomic E-state index is 1.05. The van der Waals surface area contributed by atoms with Crippen LogP contribution in [0.4, 0.5) is 39.5 Å². The van der Waals surface area contributed by atoms with E-state index in [1.54, 1.807) is 0 Å². The van der Waals surface area contributed by atoms with Gasteiger partial charge in [0, 0.05) is 0 Å². The summed E-state index contributed by atoms with van der Waals surface area (Å²) in [5.74, 6) is 0. The third-order valence-electron chi connectivity index (χ3n) is 1.88. The fraction of sp³-hybridized carbons (Fsp3) is 1.00. The van der Waals surface area contributed by atoms with Gasteiger partial charge in [-0.05, 0) is 22.6 Å². The lowest BCUT2D eigenvalue weighted by atomic mass is 11.5. The van der Waals surface area contributed by atoms with E-state index >= 15 is 0 Å². The summed E-state index contributed by atoms with van der Waals surface area (Å²) in [5.41, 5.74) is -21.2. The molecule has 140 valence electrons. The van der Waals surface area contributed by atoms with Gasteiger partial charge in [-0.15, -0.1) is 0 Å². The minimum atomic E-state index is -8.05. The Morgan fingerprint density at radius 2 is 0.609 bits per heavy atom. The molecule has 0 rings (SSSR count). The van der Waals surface area contributed by atoms with Gasteiger partial charge in [-0.3, -0.25) is 0 Å². The Morgan fingerprint density at radius 3 is 0.696 bits per heavy atom. The quantitative estimate of drug-likeness (QED) is 0.309. The number of alkyl halides is 10. The van der Waals surface area contributed by atoms with Crippen LogP contribution in [0.2, 0.25) is 0 Å². The third kappa shape index (κ3) is 3.00. The van der Waals surface area contributed by atoms with Gasteiger partial charge in [-0.2, -0.15) is 39.5 Å². The van der Waals surface area contributed by atoms with Crippen LogP contribution in [0.3, 0.4) is 0 Å². The van der Waals surface area contributed by atoms with Crippen LogP contribution in [-0.2, 0) is 29.5 Å². The molecule has 23 heavy (non-hydrogen) atoms. The normalized spacial score (nSPS) is 16.4. The van der Waals surface area contributed by atoms with Gasteiger partial charge in [-0.25, -0.2) is 25.3 Å². The first-order valence-corrected chi connectivity index (χ1v) is 9.64. The summed E-state index contributed by atoms with van der Waals surface area (Å²) >= 11 is -1.05. The maximum atomic E-state index is 12.3. The molecule has 0 radical (unpaired) electrons. The molecular formula is C4F9IO6S3. The van der Waals surface area contributed by atoms with E-state index in [0.717, 1.165) is 0 Å². The monoisotopic (exact) mass is 538 g/mol. The topological polar surface area (TPSA) is 102 Å². The molecule has 0 aliphatic rings. The SMILES string of the molecule is O=S(=O)(C(F)(F)F)C(I)(S(=O)(=O)C(F)(F)F)S(=O)(=O)C(F)(F)F. The molecule has 0 amide bonds. The lowest BCUT2D eigenvalue weighted by molar-refractivity contribution is -0.0493. The molecule has 6 nitrogen and oxygen atoms in total. The summed E-state index contributed by atoms with van der Waals surface area (Å²) in [5, 5.41) is 0. The number of rotatable bonds is 3.